The van der Waals surface area contributed by atoms with Crippen LogP contribution in [0.2, 0.25) is 0 Å². The molecule has 0 amide bonds. The number of allylic oxidation sites excluding steroid dienone is 1. The van der Waals surface area contributed by atoms with E-state index in [-0.39, 0.29) is 9.80 Å². The zero-order valence-electron chi connectivity index (χ0n) is 15.5. The van der Waals surface area contributed by atoms with Crippen LogP contribution in [0.25, 0.3) is 0 Å². The molecule has 1 N–H and O–H groups in total. The Bertz CT molecular complexity index is 917. The summed E-state index contributed by atoms with van der Waals surface area (Å²) >= 11 is 0. The Labute approximate surface area is 156 Å². The first-order valence-corrected chi connectivity index (χ1v) is 10.1. The average Bonchev–Trinajstić information content (AvgIpc) is 2.62. The van der Waals surface area contributed by atoms with Crippen LogP contribution in [0.5, 0.6) is 0 Å². The first kappa shape index (κ1) is 19.7. The highest BCUT2D eigenvalue weighted by Crippen LogP contribution is 2.23. The second-order valence-electron chi connectivity index (χ2n) is 6.77. The first-order valence-electron chi connectivity index (χ1n) is 8.57. The lowest BCUT2D eigenvalue weighted by Gasteiger charge is -2.09. The maximum atomic E-state index is 12.7. The number of sulfone groups is 1. The van der Waals surface area contributed by atoms with E-state index >= 15 is 0 Å². The minimum atomic E-state index is -3.85. The molecule has 0 aliphatic carbocycles. The van der Waals surface area contributed by atoms with Gasteiger partial charge in [-0.3, -0.25) is 0 Å². The number of benzene rings is 2. The molecule has 0 bridgehead atoms. The topological polar surface area (TPSA) is 70.0 Å². The van der Waals surface area contributed by atoms with Crippen molar-refractivity contribution in [3.05, 3.63) is 70.8 Å². The molecule has 0 atom stereocenters. The predicted molar refractivity (Wildman–Crippen MR) is 106 cm³/mol. The van der Waals surface area contributed by atoms with Crippen molar-refractivity contribution in [2.75, 3.05) is 5.32 Å². The Morgan fingerprint density at radius 3 is 1.81 bits per heavy atom. The van der Waals surface area contributed by atoms with Gasteiger partial charge in [-0.15, -0.1) is 0 Å². The van der Waals surface area contributed by atoms with E-state index in [4.69, 9.17) is 0 Å². The van der Waals surface area contributed by atoms with Crippen molar-refractivity contribution in [3.8, 4) is 6.07 Å². The molecule has 0 radical (unpaired) electrons. The van der Waals surface area contributed by atoms with Gasteiger partial charge in [-0.1, -0.05) is 52.0 Å². The molecule has 4 nitrogen and oxygen atoms in total. The smallest absolute Gasteiger partial charge is 0.218 e. The third kappa shape index (κ3) is 4.53. The molecule has 5 heteroatoms. The SMILES string of the molecule is CC(C)c1ccc(NC=C(C#N)S(=O)(=O)c2ccc(C(C)C)cc2)cc1. The fourth-order valence-corrected chi connectivity index (χ4v) is 3.52. The maximum Gasteiger partial charge on any atom is 0.218 e. The normalized spacial score (nSPS) is 12.3. The number of rotatable bonds is 6. The number of hydrogen-bond donors (Lipinski definition) is 1. The highest BCUT2D eigenvalue weighted by atomic mass is 32.2. The number of hydrogen-bond acceptors (Lipinski definition) is 4. The molecule has 0 aromatic heterocycles. The summed E-state index contributed by atoms with van der Waals surface area (Å²) in [5.74, 6) is 0.733. The fourth-order valence-electron chi connectivity index (χ4n) is 2.44. The highest BCUT2D eigenvalue weighted by molar-refractivity contribution is 7.95. The van der Waals surface area contributed by atoms with Crippen LogP contribution in [0.1, 0.15) is 50.7 Å². The summed E-state index contributed by atoms with van der Waals surface area (Å²) in [6.07, 6.45) is 1.25. The molecule has 0 aliphatic heterocycles. The molecule has 0 fully saturated rings. The average molecular weight is 369 g/mol. The Morgan fingerprint density at radius 2 is 1.38 bits per heavy atom. The second kappa shape index (κ2) is 8.20. The van der Waals surface area contributed by atoms with Gasteiger partial charge < -0.3 is 5.32 Å². The molecule has 136 valence electrons. The van der Waals surface area contributed by atoms with E-state index in [1.165, 1.54) is 11.8 Å². The summed E-state index contributed by atoms with van der Waals surface area (Å²) in [4.78, 5) is -0.200. The number of anilines is 1. The Kier molecular flexibility index (Phi) is 6.23. The zero-order chi connectivity index (χ0) is 19.3. The van der Waals surface area contributed by atoms with Crippen LogP contribution >= 0.6 is 0 Å². The Morgan fingerprint density at radius 1 is 0.923 bits per heavy atom. The van der Waals surface area contributed by atoms with Crippen molar-refractivity contribution >= 4 is 15.5 Å². The Balaban J connectivity index is 2.25. The van der Waals surface area contributed by atoms with Crippen molar-refractivity contribution < 1.29 is 8.42 Å². The lowest BCUT2D eigenvalue weighted by molar-refractivity contribution is 0.603. The molecule has 0 spiro atoms. The third-order valence-corrected chi connectivity index (χ3v) is 5.88. The second-order valence-corrected chi connectivity index (χ2v) is 8.69. The van der Waals surface area contributed by atoms with E-state index in [1.54, 1.807) is 30.3 Å². The van der Waals surface area contributed by atoms with Gasteiger partial charge in [-0.05, 0) is 47.2 Å². The molecule has 0 aliphatic rings. The van der Waals surface area contributed by atoms with Gasteiger partial charge in [0.05, 0.1) is 4.90 Å². The lowest BCUT2D eigenvalue weighted by Crippen LogP contribution is -2.06. The molecule has 0 saturated heterocycles. The van der Waals surface area contributed by atoms with Crippen molar-refractivity contribution in [2.45, 2.75) is 44.4 Å². The monoisotopic (exact) mass is 368 g/mol. The van der Waals surface area contributed by atoms with Gasteiger partial charge in [0.25, 0.3) is 0 Å². The molecular weight excluding hydrogens is 344 g/mol. The van der Waals surface area contributed by atoms with Gasteiger partial charge in [-0.2, -0.15) is 5.26 Å². The molecule has 2 aromatic rings. The van der Waals surface area contributed by atoms with Crippen molar-refractivity contribution in [1.29, 1.82) is 5.26 Å². The number of nitrogens with zero attached hydrogens (tertiary/aromatic N) is 1. The van der Waals surface area contributed by atoms with Crippen molar-refractivity contribution in [1.82, 2.24) is 0 Å². The summed E-state index contributed by atoms with van der Waals surface area (Å²) in [5.41, 5.74) is 2.97. The summed E-state index contributed by atoms with van der Waals surface area (Å²) in [6, 6.07) is 16.1. The molecule has 2 aromatic carbocycles. The van der Waals surface area contributed by atoms with Crippen LogP contribution in [0.15, 0.2) is 64.5 Å². The largest absolute Gasteiger partial charge is 0.360 e. The van der Waals surface area contributed by atoms with Crippen molar-refractivity contribution in [2.24, 2.45) is 0 Å². The number of nitrogens with one attached hydrogen (secondary N) is 1. The molecule has 26 heavy (non-hydrogen) atoms. The van der Waals surface area contributed by atoms with Crippen molar-refractivity contribution in [3.63, 3.8) is 0 Å². The van der Waals surface area contributed by atoms with Gasteiger partial charge in [-0.25, -0.2) is 8.42 Å². The minimum absolute atomic E-state index is 0.117. The van der Waals surface area contributed by atoms with Crippen LogP contribution < -0.4 is 5.32 Å². The van der Waals surface area contributed by atoms with E-state index in [0.29, 0.717) is 11.8 Å². The summed E-state index contributed by atoms with van der Waals surface area (Å²) in [7, 11) is -3.85. The maximum absolute atomic E-state index is 12.7. The van der Waals surface area contributed by atoms with Crippen LogP contribution in [-0.4, -0.2) is 8.42 Å². The van der Waals surface area contributed by atoms with Gasteiger partial charge in [0.15, 0.2) is 4.91 Å². The van der Waals surface area contributed by atoms with Crippen LogP contribution in [0, 0.1) is 11.3 Å². The number of nitriles is 1. The fraction of sp³-hybridized carbons (Fsp3) is 0.286. The predicted octanol–water partition coefficient (Wildman–Crippen LogP) is 5.18. The van der Waals surface area contributed by atoms with Gasteiger partial charge in [0, 0.05) is 11.9 Å². The van der Waals surface area contributed by atoms with Gasteiger partial charge in [0.1, 0.15) is 6.07 Å². The summed E-state index contributed by atoms with van der Waals surface area (Å²) in [6.45, 7) is 8.29. The van der Waals surface area contributed by atoms with E-state index in [2.05, 4.69) is 19.2 Å². The first-order chi connectivity index (χ1) is 12.3. The third-order valence-electron chi connectivity index (χ3n) is 4.20. The molecule has 0 unspecified atom stereocenters. The van der Waals surface area contributed by atoms with E-state index in [9.17, 15) is 13.7 Å². The summed E-state index contributed by atoms with van der Waals surface area (Å²) in [5, 5.41) is 12.2. The van der Waals surface area contributed by atoms with E-state index in [0.717, 1.165) is 11.3 Å². The van der Waals surface area contributed by atoms with Gasteiger partial charge in [0.2, 0.25) is 9.84 Å². The zero-order valence-corrected chi connectivity index (χ0v) is 16.3. The van der Waals surface area contributed by atoms with E-state index < -0.39 is 9.84 Å². The van der Waals surface area contributed by atoms with Crippen LogP contribution in [-0.2, 0) is 9.84 Å². The molecule has 2 rings (SSSR count). The quantitative estimate of drug-likeness (QED) is 0.713. The minimum Gasteiger partial charge on any atom is -0.360 e. The van der Waals surface area contributed by atoms with Gasteiger partial charge >= 0.3 is 0 Å². The molecule has 0 saturated carbocycles. The molecule has 0 heterocycles. The highest BCUT2D eigenvalue weighted by Gasteiger charge is 2.21. The van der Waals surface area contributed by atoms with Crippen LogP contribution in [0.3, 0.4) is 0 Å². The lowest BCUT2D eigenvalue weighted by atomic mass is 10.0. The standard InChI is InChI=1S/C21H24N2O2S/c1-15(2)17-5-9-19(10-6-17)23-14-21(13-22)26(24,25)20-11-7-18(8-12-20)16(3)4/h5-12,14-16,23H,1-4H3. The summed E-state index contributed by atoms with van der Waals surface area (Å²) < 4.78 is 25.4. The van der Waals surface area contributed by atoms with E-state index in [1.807, 2.05) is 38.1 Å². The van der Waals surface area contributed by atoms with Crippen LogP contribution in [0.4, 0.5) is 5.69 Å². The Hall–Kier alpha value is -2.58. The molecular formula is C21H24N2O2S.